The van der Waals surface area contributed by atoms with Crippen LogP contribution in [-0.2, 0) is 36.9 Å². The fraction of sp³-hybridized carbons (Fsp3) is 0.388. The van der Waals surface area contributed by atoms with Gasteiger partial charge in [-0.2, -0.15) is 0 Å². The third-order valence-corrected chi connectivity index (χ3v) is 11.5. The van der Waals surface area contributed by atoms with Gasteiger partial charge in [0.25, 0.3) is 0 Å². The van der Waals surface area contributed by atoms with Gasteiger partial charge in [-0.3, -0.25) is 19.2 Å². The first-order valence-electron chi connectivity index (χ1n) is 21.7. The van der Waals surface area contributed by atoms with Crippen LogP contribution in [-0.4, -0.2) is 85.9 Å². The summed E-state index contributed by atoms with van der Waals surface area (Å²) in [6, 6.07) is 24.5. The first-order valence-corrected chi connectivity index (χ1v) is 21.7. The quantitative estimate of drug-likeness (QED) is 0.0786. The highest BCUT2D eigenvalue weighted by Gasteiger charge is 2.36. The van der Waals surface area contributed by atoms with E-state index in [1.54, 1.807) is 43.3 Å². The molecule has 4 bridgehead atoms. The molecule has 4 aromatic rings. The molecule has 0 saturated carbocycles. The van der Waals surface area contributed by atoms with E-state index >= 15 is 0 Å². The molecule has 0 radical (unpaired) electrons. The maximum atomic E-state index is 14.6. The molecule has 0 aliphatic carbocycles. The summed E-state index contributed by atoms with van der Waals surface area (Å²) in [6.45, 7) is 4.50. The average Bonchev–Trinajstić information content (AvgIpc) is 3.74. The van der Waals surface area contributed by atoms with E-state index in [4.69, 9.17) is 31.5 Å². The van der Waals surface area contributed by atoms with Crippen LogP contribution in [0.25, 0.3) is 22.3 Å². The standard InChI is InChI=1S/C49H58N6O8/c1-4-5-6-31-7-10-33(11-8-31)34-12-14-35(15-13-34)42(56)27-37(29-52)49(60)55(3)47-36-16-18-45(62-22-20-51)39(26-36)38-24-32(9-17-44(38)61-21-19-50)25-40(41-28-46(58)63-54-41)53-48(59)30(2)23-43(47)57/h7-18,24,26,30,37,40,47H,4-6,19-23,25,27-29,50-52H2,1-3H3,(H,53,59)/t30-,37+,40+,47+/m1/s1. The number of ether oxygens (including phenoxy) is 2. The Labute approximate surface area is 368 Å². The van der Waals surface area contributed by atoms with E-state index < -0.39 is 47.5 Å². The summed E-state index contributed by atoms with van der Waals surface area (Å²) in [4.78, 5) is 75.1. The minimum atomic E-state index is -1.20. The second kappa shape index (κ2) is 21.7. The van der Waals surface area contributed by atoms with Gasteiger partial charge < -0.3 is 41.7 Å². The van der Waals surface area contributed by atoms with Crippen LogP contribution in [0.5, 0.6) is 11.5 Å². The minimum absolute atomic E-state index is 0.110. The third kappa shape index (κ3) is 11.4. The molecule has 2 amide bonds. The number of nitrogens with two attached hydrogens (primary N) is 3. The lowest BCUT2D eigenvalue weighted by Crippen LogP contribution is -2.46. The first kappa shape index (κ1) is 46.3. The lowest BCUT2D eigenvalue weighted by molar-refractivity contribution is -0.142. The van der Waals surface area contributed by atoms with Gasteiger partial charge >= 0.3 is 5.97 Å². The number of nitrogens with one attached hydrogen (secondary N) is 1. The number of benzene rings is 4. The second-order valence-electron chi connectivity index (χ2n) is 16.2. The highest BCUT2D eigenvalue weighted by atomic mass is 16.7. The van der Waals surface area contributed by atoms with Crippen molar-refractivity contribution in [2.45, 2.75) is 70.9 Å². The number of carbonyl (C=O) groups excluding carboxylic acids is 5. The zero-order valence-electron chi connectivity index (χ0n) is 36.3. The zero-order chi connectivity index (χ0) is 45.0. The van der Waals surface area contributed by atoms with Gasteiger partial charge in [0.15, 0.2) is 11.6 Å². The van der Waals surface area contributed by atoms with E-state index in [1.807, 2.05) is 24.3 Å². The van der Waals surface area contributed by atoms with E-state index in [2.05, 4.69) is 41.7 Å². The van der Waals surface area contributed by atoms with E-state index in [0.717, 1.165) is 36.0 Å². The summed E-state index contributed by atoms with van der Waals surface area (Å²) >= 11 is 0. The number of hydrogen-bond acceptors (Lipinski definition) is 12. The molecule has 4 aromatic carbocycles. The van der Waals surface area contributed by atoms with Crippen molar-refractivity contribution in [2.24, 2.45) is 34.2 Å². The molecule has 14 nitrogen and oxygen atoms in total. The molecule has 2 aliphatic rings. The molecule has 63 heavy (non-hydrogen) atoms. The maximum absolute atomic E-state index is 14.6. The molecule has 7 N–H and O–H groups in total. The van der Waals surface area contributed by atoms with Crippen molar-refractivity contribution in [1.82, 2.24) is 10.2 Å². The SMILES string of the molecule is CCCCc1ccc(-c2ccc(C(=O)C[C@@H](CN)C(=O)N(C)[C@@H]3C(=O)C[C@@H](C)C(=O)N[C@H](C4=NOC(=O)C4)Cc4ccc(OCCN)c(c4)-c4cc3ccc4OCCN)cc2)cc1. The van der Waals surface area contributed by atoms with Gasteiger partial charge in [-0.05, 0) is 71.3 Å². The van der Waals surface area contributed by atoms with Gasteiger partial charge in [-0.25, -0.2) is 4.79 Å². The lowest BCUT2D eigenvalue weighted by atomic mass is 9.88. The summed E-state index contributed by atoms with van der Waals surface area (Å²) in [5.74, 6) is -3.09. The van der Waals surface area contributed by atoms with Crippen LogP contribution in [0.15, 0.2) is 90.1 Å². The van der Waals surface area contributed by atoms with E-state index in [1.165, 1.54) is 17.5 Å². The Balaban J connectivity index is 1.34. The Hall–Kier alpha value is -6.22. The minimum Gasteiger partial charge on any atom is -0.492 e. The Morgan fingerprint density at radius 1 is 0.857 bits per heavy atom. The van der Waals surface area contributed by atoms with Crippen molar-refractivity contribution in [1.29, 1.82) is 0 Å². The predicted octanol–water partition coefficient (Wildman–Crippen LogP) is 5.32. The van der Waals surface area contributed by atoms with Gasteiger partial charge in [-0.15, -0.1) is 0 Å². The van der Waals surface area contributed by atoms with Crippen molar-refractivity contribution < 1.29 is 38.3 Å². The molecule has 2 heterocycles. The maximum Gasteiger partial charge on any atom is 0.340 e. The van der Waals surface area contributed by atoms with Gasteiger partial charge in [0.05, 0.1) is 24.1 Å². The van der Waals surface area contributed by atoms with Crippen LogP contribution in [0.2, 0.25) is 0 Å². The highest BCUT2D eigenvalue weighted by Crippen LogP contribution is 2.41. The Morgan fingerprint density at radius 2 is 1.49 bits per heavy atom. The summed E-state index contributed by atoms with van der Waals surface area (Å²) in [5.41, 5.74) is 24.3. The number of nitrogens with zero attached hydrogens (tertiary/aromatic N) is 2. The lowest BCUT2D eigenvalue weighted by Gasteiger charge is -2.32. The summed E-state index contributed by atoms with van der Waals surface area (Å²) in [6.07, 6.45) is 2.98. The number of oxime groups is 1. The normalized spacial score (nSPS) is 18.1. The number of Topliss-reactive ketones (excluding diaryl/α,β-unsaturated/α-hetero) is 2. The number of hydrogen-bond donors (Lipinski definition) is 4. The molecular weight excluding hydrogens is 801 g/mol. The Morgan fingerprint density at radius 3 is 2.10 bits per heavy atom. The number of amides is 2. The van der Waals surface area contributed by atoms with Crippen molar-refractivity contribution in [3.63, 3.8) is 0 Å². The van der Waals surface area contributed by atoms with Gasteiger partial charge in [0.2, 0.25) is 11.8 Å². The van der Waals surface area contributed by atoms with Crippen LogP contribution >= 0.6 is 0 Å². The van der Waals surface area contributed by atoms with Gasteiger partial charge in [0.1, 0.15) is 30.8 Å². The van der Waals surface area contributed by atoms with Crippen LogP contribution in [0.3, 0.4) is 0 Å². The molecule has 0 saturated heterocycles. The zero-order valence-corrected chi connectivity index (χ0v) is 36.3. The van der Waals surface area contributed by atoms with Crippen LogP contribution in [0.1, 0.15) is 79.0 Å². The van der Waals surface area contributed by atoms with Crippen LogP contribution in [0, 0.1) is 11.8 Å². The molecular formula is C49H58N6O8. The van der Waals surface area contributed by atoms with Crippen LogP contribution < -0.4 is 32.0 Å². The largest absolute Gasteiger partial charge is 0.492 e. The molecule has 6 rings (SSSR count). The molecule has 4 atom stereocenters. The smallest absolute Gasteiger partial charge is 0.340 e. The van der Waals surface area contributed by atoms with E-state index in [0.29, 0.717) is 39.5 Å². The van der Waals surface area contributed by atoms with E-state index in [9.17, 15) is 24.0 Å². The molecule has 2 aliphatic heterocycles. The number of unbranched alkanes of at least 4 members (excludes halogenated alkanes) is 1. The number of ketones is 2. The Kier molecular flexibility index (Phi) is 16.0. The monoisotopic (exact) mass is 858 g/mol. The number of aryl methyl sites for hydroxylation is 1. The number of fused-ring (bicyclic) bond motifs is 5. The fourth-order valence-electron chi connectivity index (χ4n) is 8.00. The van der Waals surface area contributed by atoms with Gasteiger partial charge in [-0.1, -0.05) is 86.1 Å². The Bertz CT molecular complexity index is 2310. The molecule has 0 spiro atoms. The van der Waals surface area contributed by atoms with Crippen LogP contribution in [0.4, 0.5) is 0 Å². The number of rotatable bonds is 17. The van der Waals surface area contributed by atoms with Crippen molar-refractivity contribution in [3.8, 4) is 33.8 Å². The summed E-state index contributed by atoms with van der Waals surface area (Å²) in [7, 11) is 1.51. The third-order valence-electron chi connectivity index (χ3n) is 11.5. The first-order chi connectivity index (χ1) is 30.4. The van der Waals surface area contributed by atoms with Crippen molar-refractivity contribution in [2.75, 3.05) is 39.9 Å². The summed E-state index contributed by atoms with van der Waals surface area (Å²) in [5, 5.41) is 6.95. The number of carbonyl (C=O) groups is 5. The molecule has 0 fully saturated rings. The second-order valence-corrected chi connectivity index (χ2v) is 16.2. The topological polar surface area (TPSA) is 219 Å². The fourth-order valence-corrected chi connectivity index (χ4v) is 8.00. The average molecular weight is 859 g/mol. The molecule has 14 heteroatoms. The molecule has 0 aromatic heterocycles. The summed E-state index contributed by atoms with van der Waals surface area (Å²) < 4.78 is 12.3. The number of likely N-dealkylation sites (N-methyl/N-ethyl adjacent to an activating group) is 1. The predicted molar refractivity (Wildman–Crippen MR) is 241 cm³/mol. The van der Waals surface area contributed by atoms with Gasteiger partial charge in [0, 0.05) is 62.1 Å². The molecule has 332 valence electrons. The van der Waals surface area contributed by atoms with Crippen molar-refractivity contribution >= 4 is 35.1 Å². The molecule has 0 unspecified atom stereocenters. The van der Waals surface area contributed by atoms with E-state index in [-0.39, 0.29) is 64.3 Å². The highest BCUT2D eigenvalue weighted by molar-refractivity contribution is 6.06. The van der Waals surface area contributed by atoms with Crippen molar-refractivity contribution in [3.05, 3.63) is 107 Å².